The Bertz CT molecular complexity index is 1110. The fourth-order valence-electron chi connectivity index (χ4n) is 3.20. The van der Waals surface area contributed by atoms with Crippen molar-refractivity contribution in [1.29, 1.82) is 5.26 Å². The Balaban J connectivity index is 1.77. The van der Waals surface area contributed by atoms with E-state index in [2.05, 4.69) is 5.32 Å². The minimum absolute atomic E-state index is 0.267. The predicted octanol–water partition coefficient (Wildman–Crippen LogP) is 2.91. The van der Waals surface area contributed by atoms with E-state index in [1.807, 2.05) is 0 Å². The summed E-state index contributed by atoms with van der Waals surface area (Å²) in [5.41, 5.74) is 0.105. The molecule has 0 spiro atoms. The number of carbonyl (C=O) groups is 3. The van der Waals surface area contributed by atoms with E-state index < -0.39 is 24.0 Å². The molecule has 0 saturated heterocycles. The summed E-state index contributed by atoms with van der Waals surface area (Å²) in [5.74, 6) is -1.31. The molecular formula is C23H21N3O5. The number of anilines is 2. The van der Waals surface area contributed by atoms with Crippen LogP contribution in [0.5, 0.6) is 5.75 Å². The summed E-state index contributed by atoms with van der Waals surface area (Å²) >= 11 is 0. The lowest BCUT2D eigenvalue weighted by Gasteiger charge is -2.41. The number of ether oxygens (including phenoxy) is 2. The third kappa shape index (κ3) is 4.41. The molecule has 1 aliphatic heterocycles. The van der Waals surface area contributed by atoms with Gasteiger partial charge in [0.15, 0.2) is 6.61 Å². The molecule has 31 heavy (non-hydrogen) atoms. The van der Waals surface area contributed by atoms with Crippen LogP contribution in [0, 0.1) is 11.3 Å². The van der Waals surface area contributed by atoms with Crippen LogP contribution in [0.25, 0.3) is 6.08 Å². The zero-order chi connectivity index (χ0) is 22.6. The van der Waals surface area contributed by atoms with Crippen molar-refractivity contribution in [2.24, 2.45) is 0 Å². The van der Waals surface area contributed by atoms with Gasteiger partial charge in [0.25, 0.3) is 5.91 Å². The van der Waals surface area contributed by atoms with E-state index in [1.54, 1.807) is 68.4 Å². The number of para-hydroxylation sites is 2. The van der Waals surface area contributed by atoms with Crippen LogP contribution in [0.1, 0.15) is 19.4 Å². The van der Waals surface area contributed by atoms with Crippen LogP contribution >= 0.6 is 0 Å². The molecule has 0 atom stereocenters. The summed E-state index contributed by atoms with van der Waals surface area (Å²) in [6, 6.07) is 15.4. The van der Waals surface area contributed by atoms with Crippen molar-refractivity contribution >= 4 is 35.2 Å². The monoisotopic (exact) mass is 419 g/mol. The molecule has 0 saturated carbocycles. The number of fused-ring (bicyclic) bond motifs is 1. The van der Waals surface area contributed by atoms with Crippen LogP contribution in [0.3, 0.4) is 0 Å². The van der Waals surface area contributed by atoms with E-state index in [0.717, 1.165) is 0 Å². The van der Waals surface area contributed by atoms with E-state index in [-0.39, 0.29) is 11.5 Å². The van der Waals surface area contributed by atoms with Crippen molar-refractivity contribution in [3.05, 3.63) is 59.7 Å². The van der Waals surface area contributed by atoms with Gasteiger partial charge in [-0.25, -0.2) is 4.79 Å². The molecule has 158 valence electrons. The number of esters is 1. The number of hydrogen-bond donors (Lipinski definition) is 1. The zero-order valence-corrected chi connectivity index (χ0v) is 17.3. The molecule has 1 aliphatic rings. The van der Waals surface area contributed by atoms with Gasteiger partial charge in [-0.05, 0) is 49.8 Å². The Morgan fingerprint density at radius 1 is 1.19 bits per heavy atom. The highest BCUT2D eigenvalue weighted by molar-refractivity contribution is 6.14. The average molecular weight is 419 g/mol. The standard InChI is InChI=1S/C23H21N3O5/c1-23(2)22(29)25-18-9-4-5-10-19(18)26(23)20(27)14-31-21(28)16(13-24)11-15-7-6-8-17(12-15)30-3/h4-12H,14H2,1-3H3,(H,25,29)/b16-11+. The van der Waals surface area contributed by atoms with Gasteiger partial charge < -0.3 is 14.8 Å². The number of amides is 2. The number of hydrogen-bond acceptors (Lipinski definition) is 6. The van der Waals surface area contributed by atoms with Crippen LogP contribution in [0.2, 0.25) is 0 Å². The first-order valence-corrected chi connectivity index (χ1v) is 9.44. The largest absolute Gasteiger partial charge is 0.497 e. The van der Waals surface area contributed by atoms with E-state index in [1.165, 1.54) is 18.1 Å². The molecule has 0 fully saturated rings. The summed E-state index contributed by atoms with van der Waals surface area (Å²) in [6.07, 6.45) is 1.35. The van der Waals surface area contributed by atoms with E-state index in [9.17, 15) is 19.6 Å². The molecule has 1 N–H and O–H groups in total. The summed E-state index contributed by atoms with van der Waals surface area (Å²) in [7, 11) is 1.51. The lowest BCUT2D eigenvalue weighted by molar-refractivity contribution is -0.144. The smallest absolute Gasteiger partial charge is 0.349 e. The minimum Gasteiger partial charge on any atom is -0.497 e. The van der Waals surface area contributed by atoms with Gasteiger partial charge in [0, 0.05) is 0 Å². The predicted molar refractivity (Wildman–Crippen MR) is 114 cm³/mol. The molecule has 2 amide bonds. The Morgan fingerprint density at radius 3 is 2.65 bits per heavy atom. The SMILES string of the molecule is COc1cccc(/C=C(\C#N)C(=O)OCC(=O)N2c3ccccc3NC(=O)C2(C)C)c1. The summed E-state index contributed by atoms with van der Waals surface area (Å²) in [5, 5.41) is 12.1. The third-order valence-corrected chi connectivity index (χ3v) is 4.83. The van der Waals surface area contributed by atoms with Crippen molar-refractivity contribution in [2.45, 2.75) is 19.4 Å². The second-order valence-corrected chi connectivity index (χ2v) is 7.28. The number of nitrogens with one attached hydrogen (secondary N) is 1. The maximum Gasteiger partial charge on any atom is 0.349 e. The van der Waals surface area contributed by atoms with Crippen LogP contribution < -0.4 is 15.0 Å². The van der Waals surface area contributed by atoms with Crippen LogP contribution in [-0.4, -0.2) is 37.0 Å². The van der Waals surface area contributed by atoms with Gasteiger partial charge in [-0.15, -0.1) is 0 Å². The average Bonchev–Trinajstić information content (AvgIpc) is 2.76. The van der Waals surface area contributed by atoms with Gasteiger partial charge in [-0.2, -0.15) is 5.26 Å². The molecule has 0 aliphatic carbocycles. The Kier molecular flexibility index (Phi) is 6.07. The van der Waals surface area contributed by atoms with Crippen molar-refractivity contribution in [2.75, 3.05) is 23.9 Å². The van der Waals surface area contributed by atoms with Gasteiger partial charge >= 0.3 is 5.97 Å². The maximum atomic E-state index is 12.9. The molecule has 0 aromatic heterocycles. The fraction of sp³-hybridized carbons (Fsp3) is 0.217. The molecule has 0 bridgehead atoms. The molecule has 2 aromatic rings. The summed E-state index contributed by atoms with van der Waals surface area (Å²) in [4.78, 5) is 39.1. The molecule has 8 heteroatoms. The molecule has 3 rings (SSSR count). The van der Waals surface area contributed by atoms with Crippen molar-refractivity contribution in [3.63, 3.8) is 0 Å². The quantitative estimate of drug-likeness (QED) is 0.453. The molecule has 0 unspecified atom stereocenters. The molecule has 0 radical (unpaired) electrons. The molecule has 8 nitrogen and oxygen atoms in total. The van der Waals surface area contributed by atoms with Crippen LogP contribution in [0.15, 0.2) is 54.1 Å². The maximum absolute atomic E-state index is 12.9. The van der Waals surface area contributed by atoms with Gasteiger partial charge in [0.1, 0.15) is 22.9 Å². The summed E-state index contributed by atoms with van der Waals surface area (Å²) < 4.78 is 10.2. The minimum atomic E-state index is -1.19. The van der Waals surface area contributed by atoms with E-state index >= 15 is 0 Å². The highest BCUT2D eigenvalue weighted by Gasteiger charge is 2.43. The van der Waals surface area contributed by atoms with Gasteiger partial charge in [0.05, 0.1) is 18.5 Å². The van der Waals surface area contributed by atoms with Crippen molar-refractivity contribution in [1.82, 2.24) is 0 Å². The second-order valence-electron chi connectivity index (χ2n) is 7.28. The van der Waals surface area contributed by atoms with E-state index in [0.29, 0.717) is 22.7 Å². The second kappa shape index (κ2) is 8.71. The number of rotatable bonds is 5. The zero-order valence-electron chi connectivity index (χ0n) is 17.3. The first kappa shape index (κ1) is 21.6. The van der Waals surface area contributed by atoms with Crippen LogP contribution in [-0.2, 0) is 19.1 Å². The van der Waals surface area contributed by atoms with Crippen molar-refractivity contribution in [3.8, 4) is 11.8 Å². The third-order valence-electron chi connectivity index (χ3n) is 4.83. The number of benzene rings is 2. The van der Waals surface area contributed by atoms with E-state index in [4.69, 9.17) is 9.47 Å². The van der Waals surface area contributed by atoms with Crippen molar-refractivity contribution < 1.29 is 23.9 Å². The van der Waals surface area contributed by atoms with Crippen LogP contribution in [0.4, 0.5) is 11.4 Å². The van der Waals surface area contributed by atoms with Gasteiger partial charge in [-0.1, -0.05) is 24.3 Å². The number of methoxy groups -OCH3 is 1. The number of nitriles is 1. The molecule has 2 aromatic carbocycles. The topological polar surface area (TPSA) is 109 Å². The Labute approximate surface area is 179 Å². The fourth-order valence-corrected chi connectivity index (χ4v) is 3.20. The summed E-state index contributed by atoms with van der Waals surface area (Å²) in [6.45, 7) is 2.57. The number of nitrogens with zero attached hydrogens (tertiary/aromatic N) is 2. The first-order valence-electron chi connectivity index (χ1n) is 9.44. The normalized spacial score (nSPS) is 14.7. The first-order chi connectivity index (χ1) is 14.8. The van der Waals surface area contributed by atoms with Gasteiger partial charge in [-0.3, -0.25) is 14.5 Å². The number of carbonyl (C=O) groups excluding carboxylic acids is 3. The lowest BCUT2D eigenvalue weighted by Crippen LogP contribution is -2.59. The Morgan fingerprint density at radius 2 is 1.94 bits per heavy atom. The molecule has 1 heterocycles. The molecular weight excluding hydrogens is 398 g/mol. The Hall–Kier alpha value is -4.12. The highest BCUT2D eigenvalue weighted by atomic mass is 16.5. The highest BCUT2D eigenvalue weighted by Crippen LogP contribution is 2.36. The lowest BCUT2D eigenvalue weighted by atomic mass is 9.96. The van der Waals surface area contributed by atoms with Gasteiger partial charge in [0.2, 0.25) is 5.91 Å².